The zero-order valence-electron chi connectivity index (χ0n) is 16.0. The van der Waals surface area contributed by atoms with Gasteiger partial charge in [-0.15, -0.1) is 11.3 Å². The molecule has 148 valence electrons. The molecule has 2 aliphatic heterocycles. The minimum atomic E-state index is -0.893. The van der Waals surface area contributed by atoms with E-state index in [2.05, 4.69) is 4.98 Å². The summed E-state index contributed by atoms with van der Waals surface area (Å²) in [6.07, 6.45) is 3.71. The Morgan fingerprint density at radius 1 is 1.29 bits per heavy atom. The minimum Gasteiger partial charge on any atom is -0.477 e. The number of aromatic nitrogens is 1. The molecule has 28 heavy (non-hydrogen) atoms. The third kappa shape index (κ3) is 3.27. The van der Waals surface area contributed by atoms with E-state index < -0.39 is 11.6 Å². The van der Waals surface area contributed by atoms with Crippen molar-refractivity contribution in [1.82, 2.24) is 9.88 Å². The Kier molecular flexibility index (Phi) is 4.84. The molecule has 2 aromatic rings. The van der Waals surface area contributed by atoms with Crippen molar-refractivity contribution >= 4 is 29.0 Å². The first-order valence-corrected chi connectivity index (χ1v) is 10.1. The van der Waals surface area contributed by atoms with Gasteiger partial charge in [0, 0.05) is 38.3 Å². The number of likely N-dealkylation sites (tertiary alicyclic amines) is 1. The van der Waals surface area contributed by atoms with Gasteiger partial charge in [0.15, 0.2) is 0 Å². The van der Waals surface area contributed by atoms with Crippen molar-refractivity contribution in [2.24, 2.45) is 0 Å². The molecule has 1 amide bonds. The van der Waals surface area contributed by atoms with Gasteiger partial charge in [-0.2, -0.15) is 0 Å². The molecule has 1 saturated heterocycles. The van der Waals surface area contributed by atoms with E-state index in [1.54, 1.807) is 12.3 Å². The summed E-state index contributed by atoms with van der Waals surface area (Å²) in [7, 11) is 3.82. The number of nitrogens with zero attached hydrogens (tertiary/aromatic N) is 3. The highest BCUT2D eigenvalue weighted by molar-refractivity contribution is 7.14. The Labute approximate surface area is 167 Å². The van der Waals surface area contributed by atoms with Crippen LogP contribution in [0.2, 0.25) is 0 Å². The number of carbonyl (C=O) groups excluding carboxylic acids is 1. The molecule has 0 aromatic carbocycles. The van der Waals surface area contributed by atoms with Crippen LogP contribution in [0, 0.1) is 0 Å². The molecule has 0 unspecified atom stereocenters. The first-order valence-electron chi connectivity index (χ1n) is 9.33. The van der Waals surface area contributed by atoms with Crippen LogP contribution in [-0.4, -0.2) is 60.7 Å². The molecule has 2 aliphatic rings. The molecule has 4 heterocycles. The molecule has 1 spiro atoms. The highest BCUT2D eigenvalue weighted by Crippen LogP contribution is 2.45. The maximum atomic E-state index is 12.8. The molecule has 1 fully saturated rings. The minimum absolute atomic E-state index is 0.0268. The van der Waals surface area contributed by atoms with E-state index in [4.69, 9.17) is 4.74 Å². The van der Waals surface area contributed by atoms with Crippen LogP contribution in [-0.2, 0) is 16.8 Å². The summed E-state index contributed by atoms with van der Waals surface area (Å²) in [5, 5.41) is 9.32. The van der Waals surface area contributed by atoms with Gasteiger partial charge < -0.3 is 19.6 Å². The number of fused-ring (bicyclic) bond motifs is 2. The van der Waals surface area contributed by atoms with Crippen LogP contribution < -0.4 is 4.90 Å². The molecule has 8 heteroatoms. The number of hydrogen-bond acceptors (Lipinski definition) is 6. The molecule has 2 aromatic heterocycles. The first-order chi connectivity index (χ1) is 13.4. The van der Waals surface area contributed by atoms with Gasteiger partial charge >= 0.3 is 5.97 Å². The summed E-state index contributed by atoms with van der Waals surface area (Å²) in [5.41, 5.74) is 1.20. The van der Waals surface area contributed by atoms with Gasteiger partial charge in [-0.1, -0.05) is 0 Å². The molecular weight excluding hydrogens is 378 g/mol. The standard InChI is InChI=1S/C20H23N3O4S/c1-22(2)16-4-3-14(12-21-16)18(24)23-8-6-20(7-9-23)17-13(5-10-27-20)11-15(28-17)19(25)26/h3-4,11-12H,5-10H2,1-2H3,(H,25,26). The Hall–Kier alpha value is -2.45. The Bertz CT molecular complexity index is 899. The van der Waals surface area contributed by atoms with Crippen LogP contribution >= 0.6 is 11.3 Å². The van der Waals surface area contributed by atoms with E-state index in [9.17, 15) is 14.7 Å². The summed E-state index contributed by atoms with van der Waals surface area (Å²) in [6, 6.07) is 5.43. The van der Waals surface area contributed by atoms with Gasteiger partial charge in [0.2, 0.25) is 0 Å². The molecular formula is C20H23N3O4S. The Balaban J connectivity index is 1.49. The third-order valence-electron chi connectivity index (χ3n) is 5.49. The van der Waals surface area contributed by atoms with E-state index >= 15 is 0 Å². The van der Waals surface area contributed by atoms with Crippen molar-refractivity contribution in [2.75, 3.05) is 38.7 Å². The van der Waals surface area contributed by atoms with Crippen molar-refractivity contribution in [3.8, 4) is 0 Å². The number of aromatic carboxylic acids is 1. The maximum absolute atomic E-state index is 12.8. The largest absolute Gasteiger partial charge is 0.477 e. The van der Waals surface area contributed by atoms with Gasteiger partial charge in [0.1, 0.15) is 16.3 Å². The van der Waals surface area contributed by atoms with Crippen LogP contribution in [0.5, 0.6) is 0 Å². The van der Waals surface area contributed by atoms with Gasteiger partial charge in [0.05, 0.1) is 12.2 Å². The van der Waals surface area contributed by atoms with Crippen molar-refractivity contribution < 1.29 is 19.4 Å². The number of thiophene rings is 1. The lowest BCUT2D eigenvalue weighted by Gasteiger charge is -2.43. The molecule has 4 rings (SSSR count). The predicted molar refractivity (Wildman–Crippen MR) is 106 cm³/mol. The summed E-state index contributed by atoms with van der Waals surface area (Å²) in [4.78, 5) is 33.7. The number of carboxylic acid groups (broad SMARTS) is 1. The second-order valence-electron chi connectivity index (χ2n) is 7.45. The van der Waals surface area contributed by atoms with Crippen molar-refractivity contribution in [3.63, 3.8) is 0 Å². The van der Waals surface area contributed by atoms with Gasteiger partial charge in [-0.3, -0.25) is 4.79 Å². The third-order valence-corrected chi connectivity index (χ3v) is 6.85. The normalized spacial score (nSPS) is 18.0. The van der Waals surface area contributed by atoms with Crippen LogP contribution in [0.25, 0.3) is 0 Å². The highest BCUT2D eigenvalue weighted by Gasteiger charge is 2.43. The number of carbonyl (C=O) groups is 2. The summed E-state index contributed by atoms with van der Waals surface area (Å²) >= 11 is 1.32. The fraction of sp³-hybridized carbons (Fsp3) is 0.450. The number of ether oxygens (including phenoxy) is 1. The van der Waals surface area contributed by atoms with Crippen LogP contribution in [0.15, 0.2) is 24.4 Å². The second kappa shape index (κ2) is 7.18. The fourth-order valence-electron chi connectivity index (χ4n) is 3.93. The SMILES string of the molecule is CN(C)c1ccc(C(=O)N2CCC3(CC2)OCCc2cc(C(=O)O)sc23)cn1. The van der Waals surface area contributed by atoms with E-state index in [-0.39, 0.29) is 5.91 Å². The molecule has 0 radical (unpaired) electrons. The maximum Gasteiger partial charge on any atom is 0.345 e. The number of carboxylic acids is 1. The topological polar surface area (TPSA) is 83.0 Å². The van der Waals surface area contributed by atoms with E-state index in [0.29, 0.717) is 43.0 Å². The number of amides is 1. The summed E-state index contributed by atoms with van der Waals surface area (Å²) in [5.74, 6) is -0.110. The highest BCUT2D eigenvalue weighted by atomic mass is 32.1. The molecule has 7 nitrogen and oxygen atoms in total. The first kappa shape index (κ1) is 18.9. The summed E-state index contributed by atoms with van der Waals surface area (Å²) < 4.78 is 6.16. The van der Waals surface area contributed by atoms with Gasteiger partial charge in [-0.05, 0) is 43.0 Å². The number of pyridine rings is 1. The van der Waals surface area contributed by atoms with Crippen LogP contribution in [0.1, 0.15) is 43.3 Å². The van der Waals surface area contributed by atoms with Crippen LogP contribution in [0.4, 0.5) is 5.82 Å². The lowest BCUT2D eigenvalue weighted by Crippen LogP contribution is -2.47. The molecule has 0 aliphatic carbocycles. The number of anilines is 1. The van der Waals surface area contributed by atoms with Gasteiger partial charge in [0.25, 0.3) is 5.91 Å². The smallest absolute Gasteiger partial charge is 0.345 e. The van der Waals surface area contributed by atoms with Gasteiger partial charge in [-0.25, -0.2) is 9.78 Å². The average molecular weight is 401 g/mol. The average Bonchev–Trinajstić information content (AvgIpc) is 3.15. The number of hydrogen-bond donors (Lipinski definition) is 1. The molecule has 0 atom stereocenters. The predicted octanol–water partition coefficient (Wildman–Crippen LogP) is 2.61. The zero-order chi connectivity index (χ0) is 19.9. The van der Waals surface area contributed by atoms with Crippen molar-refractivity contribution in [3.05, 3.63) is 45.3 Å². The fourth-order valence-corrected chi connectivity index (χ4v) is 5.18. The Morgan fingerprint density at radius 3 is 2.64 bits per heavy atom. The molecule has 0 bridgehead atoms. The summed E-state index contributed by atoms with van der Waals surface area (Å²) in [6.45, 7) is 1.74. The lowest BCUT2D eigenvalue weighted by atomic mass is 9.85. The van der Waals surface area contributed by atoms with Crippen molar-refractivity contribution in [2.45, 2.75) is 24.9 Å². The van der Waals surface area contributed by atoms with E-state index in [1.165, 1.54) is 11.3 Å². The van der Waals surface area contributed by atoms with E-state index in [0.717, 1.165) is 22.7 Å². The quantitative estimate of drug-likeness (QED) is 0.851. The number of rotatable bonds is 3. The zero-order valence-corrected chi connectivity index (χ0v) is 16.8. The van der Waals surface area contributed by atoms with Crippen LogP contribution in [0.3, 0.4) is 0 Å². The monoisotopic (exact) mass is 401 g/mol. The second-order valence-corrected chi connectivity index (χ2v) is 8.51. The molecule has 0 saturated carbocycles. The molecule has 1 N–H and O–H groups in total. The van der Waals surface area contributed by atoms with E-state index in [1.807, 2.05) is 36.0 Å². The lowest BCUT2D eigenvalue weighted by molar-refractivity contribution is -0.0906. The number of piperidine rings is 1. The Morgan fingerprint density at radius 2 is 2.04 bits per heavy atom. The van der Waals surface area contributed by atoms with Crippen molar-refractivity contribution in [1.29, 1.82) is 0 Å².